The molecule has 6 heteroatoms. The van der Waals surface area contributed by atoms with Crippen LogP contribution in [0.4, 0.5) is 5.69 Å². The Kier molecular flexibility index (Phi) is 5.96. The van der Waals surface area contributed by atoms with E-state index in [9.17, 15) is 9.59 Å². The van der Waals surface area contributed by atoms with Crippen molar-refractivity contribution in [3.05, 3.63) is 54.1 Å². The number of hydrogen-bond acceptors (Lipinski definition) is 5. The molecule has 1 fully saturated rings. The number of benzene rings is 2. The number of rotatable bonds is 7. The third kappa shape index (κ3) is 4.78. The summed E-state index contributed by atoms with van der Waals surface area (Å²) in [6.07, 6.45) is 0.148. The summed E-state index contributed by atoms with van der Waals surface area (Å²) >= 11 is 0. The topological polar surface area (TPSA) is 65.1 Å². The van der Waals surface area contributed by atoms with Crippen LogP contribution in [0.5, 0.6) is 11.5 Å². The fourth-order valence-corrected chi connectivity index (χ4v) is 3.02. The molecule has 1 atom stereocenters. The highest BCUT2D eigenvalue weighted by atomic mass is 16.6. The summed E-state index contributed by atoms with van der Waals surface area (Å²) in [6, 6.07) is 14.9. The summed E-state index contributed by atoms with van der Waals surface area (Å²) in [5.41, 5.74) is 1.82. The molecule has 1 heterocycles. The summed E-state index contributed by atoms with van der Waals surface area (Å²) in [6.45, 7) is 2.72. The highest BCUT2D eigenvalue weighted by Gasteiger charge is 2.36. The number of carbonyl (C=O) groups is 2. The molecule has 0 N–H and O–H groups in total. The molecule has 27 heavy (non-hydrogen) atoms. The number of hydrogen-bond donors (Lipinski definition) is 0. The Morgan fingerprint density at radius 3 is 2.67 bits per heavy atom. The monoisotopic (exact) mass is 369 g/mol. The average molecular weight is 369 g/mol. The molecule has 0 aromatic heterocycles. The van der Waals surface area contributed by atoms with Crippen LogP contribution in [-0.2, 0) is 14.3 Å². The van der Waals surface area contributed by atoms with Gasteiger partial charge in [0.15, 0.2) is 0 Å². The predicted octanol–water partition coefficient (Wildman–Crippen LogP) is 2.98. The molecule has 1 aliphatic rings. The molecule has 3 rings (SSSR count). The van der Waals surface area contributed by atoms with E-state index in [2.05, 4.69) is 0 Å². The fraction of sp³-hybridized carbons (Fsp3) is 0.333. The van der Waals surface area contributed by atoms with Crippen LogP contribution >= 0.6 is 0 Å². The van der Waals surface area contributed by atoms with Gasteiger partial charge in [-0.05, 0) is 36.8 Å². The number of aryl methyl sites for hydroxylation is 1. The van der Waals surface area contributed by atoms with Gasteiger partial charge in [-0.25, -0.2) is 0 Å². The Hall–Kier alpha value is -3.02. The summed E-state index contributed by atoms with van der Waals surface area (Å²) in [7, 11) is 1.57. The Bertz CT molecular complexity index is 820. The van der Waals surface area contributed by atoms with Crippen LogP contribution in [0.1, 0.15) is 12.0 Å². The van der Waals surface area contributed by atoms with Crippen LogP contribution < -0.4 is 14.4 Å². The molecule has 2 aromatic rings. The van der Waals surface area contributed by atoms with Crippen molar-refractivity contribution in [2.24, 2.45) is 5.92 Å². The minimum Gasteiger partial charge on any atom is -0.497 e. The van der Waals surface area contributed by atoms with E-state index in [1.54, 1.807) is 18.1 Å². The van der Waals surface area contributed by atoms with E-state index in [1.807, 2.05) is 49.4 Å². The summed E-state index contributed by atoms with van der Waals surface area (Å²) in [5, 5.41) is 0. The van der Waals surface area contributed by atoms with Crippen LogP contribution in [0.3, 0.4) is 0 Å². The van der Waals surface area contributed by atoms with Crippen molar-refractivity contribution >= 4 is 17.6 Å². The van der Waals surface area contributed by atoms with E-state index in [4.69, 9.17) is 14.2 Å². The molecule has 1 unspecified atom stereocenters. The predicted molar refractivity (Wildman–Crippen MR) is 101 cm³/mol. The lowest BCUT2D eigenvalue weighted by Crippen LogP contribution is -2.27. The van der Waals surface area contributed by atoms with Crippen LogP contribution in [0.15, 0.2) is 48.5 Å². The van der Waals surface area contributed by atoms with Gasteiger partial charge in [0, 0.05) is 24.7 Å². The molecule has 6 nitrogen and oxygen atoms in total. The molecule has 0 radical (unpaired) electrons. The Morgan fingerprint density at radius 1 is 1.11 bits per heavy atom. The number of esters is 1. The molecule has 1 amide bonds. The zero-order valence-electron chi connectivity index (χ0n) is 15.5. The number of carbonyl (C=O) groups excluding carboxylic acids is 2. The van der Waals surface area contributed by atoms with Gasteiger partial charge in [0.05, 0.1) is 13.0 Å². The van der Waals surface area contributed by atoms with Crippen LogP contribution in [0.2, 0.25) is 0 Å². The lowest BCUT2D eigenvalue weighted by atomic mass is 10.1. The first-order valence-corrected chi connectivity index (χ1v) is 8.87. The van der Waals surface area contributed by atoms with Gasteiger partial charge in [0.25, 0.3) is 0 Å². The van der Waals surface area contributed by atoms with Crippen molar-refractivity contribution in [3.63, 3.8) is 0 Å². The van der Waals surface area contributed by atoms with Crippen molar-refractivity contribution in [3.8, 4) is 11.5 Å². The van der Waals surface area contributed by atoms with Gasteiger partial charge in [-0.3, -0.25) is 9.59 Å². The van der Waals surface area contributed by atoms with Crippen LogP contribution in [-0.4, -0.2) is 38.7 Å². The van der Waals surface area contributed by atoms with Crippen LogP contribution in [0, 0.1) is 12.8 Å². The van der Waals surface area contributed by atoms with Crippen molar-refractivity contribution < 1.29 is 23.8 Å². The van der Waals surface area contributed by atoms with Crippen LogP contribution in [0.25, 0.3) is 0 Å². The van der Waals surface area contributed by atoms with E-state index in [0.29, 0.717) is 12.3 Å². The van der Waals surface area contributed by atoms with E-state index in [1.165, 1.54) is 0 Å². The average Bonchev–Trinajstić information content (AvgIpc) is 3.07. The molecule has 0 bridgehead atoms. The van der Waals surface area contributed by atoms with Gasteiger partial charge >= 0.3 is 5.97 Å². The zero-order chi connectivity index (χ0) is 19.2. The maximum Gasteiger partial charge on any atom is 0.311 e. The molecule has 1 saturated heterocycles. The third-order valence-electron chi connectivity index (χ3n) is 4.41. The minimum atomic E-state index is -0.470. The highest BCUT2D eigenvalue weighted by Crippen LogP contribution is 2.28. The molecular formula is C21H23NO5. The number of amides is 1. The normalized spacial score (nSPS) is 16.3. The van der Waals surface area contributed by atoms with E-state index >= 15 is 0 Å². The van der Waals surface area contributed by atoms with Crippen molar-refractivity contribution in [1.29, 1.82) is 0 Å². The van der Waals surface area contributed by atoms with Gasteiger partial charge in [-0.2, -0.15) is 0 Å². The summed E-state index contributed by atoms with van der Waals surface area (Å²) in [4.78, 5) is 26.2. The smallest absolute Gasteiger partial charge is 0.311 e. The first-order chi connectivity index (χ1) is 13.1. The fourth-order valence-electron chi connectivity index (χ4n) is 3.02. The molecule has 0 saturated carbocycles. The number of nitrogens with zero attached hydrogens (tertiary/aromatic N) is 1. The van der Waals surface area contributed by atoms with Gasteiger partial charge < -0.3 is 19.1 Å². The number of methoxy groups -OCH3 is 1. The molecule has 2 aromatic carbocycles. The Balaban J connectivity index is 1.48. The number of ether oxygens (including phenoxy) is 3. The van der Waals surface area contributed by atoms with E-state index in [-0.39, 0.29) is 31.5 Å². The first-order valence-electron chi connectivity index (χ1n) is 8.87. The van der Waals surface area contributed by atoms with Gasteiger partial charge in [0.1, 0.15) is 24.7 Å². The lowest BCUT2D eigenvalue weighted by molar-refractivity contribution is -0.149. The first kappa shape index (κ1) is 18.8. The Morgan fingerprint density at radius 2 is 1.89 bits per heavy atom. The van der Waals surface area contributed by atoms with E-state index < -0.39 is 5.92 Å². The molecule has 142 valence electrons. The minimum absolute atomic E-state index is 0.0961. The zero-order valence-corrected chi connectivity index (χ0v) is 15.5. The van der Waals surface area contributed by atoms with Crippen molar-refractivity contribution in [1.82, 2.24) is 0 Å². The van der Waals surface area contributed by atoms with Gasteiger partial charge in [0.2, 0.25) is 5.91 Å². The largest absolute Gasteiger partial charge is 0.497 e. The van der Waals surface area contributed by atoms with Crippen molar-refractivity contribution in [2.75, 3.05) is 31.8 Å². The maximum atomic E-state index is 12.3. The second-order valence-electron chi connectivity index (χ2n) is 6.44. The lowest BCUT2D eigenvalue weighted by Gasteiger charge is -2.17. The second-order valence-corrected chi connectivity index (χ2v) is 6.44. The molecule has 0 spiro atoms. The standard InChI is InChI=1S/C21H23NO5/c1-15-5-3-8-19(11-15)26-9-10-27-21(24)16-12-20(23)22(14-16)17-6-4-7-18(13-17)25-2/h3-8,11,13,16H,9-10,12,14H2,1-2H3. The summed E-state index contributed by atoms with van der Waals surface area (Å²) in [5.74, 6) is 0.469. The molecule has 0 aliphatic carbocycles. The van der Waals surface area contributed by atoms with Crippen molar-refractivity contribution in [2.45, 2.75) is 13.3 Å². The van der Waals surface area contributed by atoms with Gasteiger partial charge in [-0.15, -0.1) is 0 Å². The van der Waals surface area contributed by atoms with E-state index in [0.717, 1.165) is 17.0 Å². The SMILES string of the molecule is COc1cccc(N2CC(C(=O)OCCOc3cccc(C)c3)CC2=O)c1. The molecular weight excluding hydrogens is 346 g/mol. The van der Waals surface area contributed by atoms with Gasteiger partial charge in [-0.1, -0.05) is 18.2 Å². The highest BCUT2D eigenvalue weighted by molar-refractivity contribution is 5.99. The molecule has 1 aliphatic heterocycles. The Labute approximate surface area is 158 Å². The maximum absolute atomic E-state index is 12.3. The number of anilines is 1. The second kappa shape index (κ2) is 8.58. The third-order valence-corrected chi connectivity index (χ3v) is 4.41. The quantitative estimate of drug-likeness (QED) is 0.555. The summed E-state index contributed by atoms with van der Waals surface area (Å²) < 4.78 is 16.0.